The van der Waals surface area contributed by atoms with Crippen LogP contribution in [0, 0.1) is 13.8 Å². The van der Waals surface area contributed by atoms with Crippen LogP contribution in [-0.4, -0.2) is 28.7 Å². The fraction of sp³-hybridized carbons (Fsp3) is 0.0787. The van der Waals surface area contributed by atoms with Gasteiger partial charge in [-0.1, -0.05) is 259 Å². The summed E-state index contributed by atoms with van der Waals surface area (Å²) >= 11 is 0. The molecule has 9 aromatic heterocycles. The summed E-state index contributed by atoms with van der Waals surface area (Å²) in [5.74, 6) is 0. The highest BCUT2D eigenvalue weighted by Gasteiger charge is 2.25. The number of hydrogen-bond acceptors (Lipinski definition) is 6. The maximum Gasteiger partial charge on any atom is 0.153 e. The van der Waals surface area contributed by atoms with Gasteiger partial charge in [0.05, 0.1) is 33.1 Å². The number of nitrogens with zero attached hydrogens (tertiary/aromatic N) is 6. The molecule has 9 heterocycles. The number of rotatable bonds is 11. The maximum atomic E-state index is 6.04. The molecule has 0 radical (unpaired) electrons. The van der Waals surface area contributed by atoms with Crippen LogP contribution in [0.4, 0.5) is 0 Å². The SMILES string of the molecule is CC(C)(C)c1ccc2c(c1)c1cc(C(C)(C)C)ccc1n2-c1cccc(-c2cccc(-c3ccc4oc5cccnc5c4c3)c2)c1.Cc1ccc2c(c1)c1cc(C)ccc1n2-c1cccc(-c2cccc(-c3ccc4oc5cccnc5c4c3)c2)c1.c1ccc(-c2ccc3c(c2)c2cc(-c4ccccc4)ccc2n3-c2cccc(-c3cccc(-c4ccc5oc6cccnc6c5c4)c3)c2)cc1. The standard InChI is InChI=1S/C47H30N2O.C43H38N2O.C37H26N2O/c1-3-10-31(11-4-1)36-19-22-43-40(28-36)41-29-37(32-12-5-2-6-13-32)20-23-44(41)49(43)39-17-8-16-35(27-39)33-14-7-15-34(26-33)38-21-24-45-42(30-38)47-46(50-45)18-9-25-48-47;1-42(2,3)31-16-18-37-34(25-31)35-26-32(43(4,5)6)17-19-38(35)45(37)33-13-8-12-29(23-33)27-10-7-11-28(22-27)30-15-20-39-36(24-30)41-40(46-39)14-9-21-44-41;1-23-11-14-33-30(18-23)31-19-24(2)12-15-34(31)39(33)29-9-4-8-27(21-29)25-6-3-7-26(20-25)28-13-16-35-32(22-28)37-36(40-35)10-5-17-38-37/h1-30H;7-26H,1-6H3;3-22H,1-2H3. The van der Waals surface area contributed by atoms with E-state index in [1.54, 1.807) is 0 Å². The third-order valence-electron chi connectivity index (χ3n) is 27.1. The second-order valence-corrected chi connectivity index (χ2v) is 38.1. The van der Waals surface area contributed by atoms with E-state index in [-0.39, 0.29) is 10.8 Å². The average molecular weight is 1750 g/mol. The zero-order valence-corrected chi connectivity index (χ0v) is 76.8. The molecule has 0 spiro atoms. The zero-order valence-electron chi connectivity index (χ0n) is 76.8. The highest BCUT2D eigenvalue weighted by Crippen LogP contribution is 2.45. The molecule has 0 bridgehead atoms. The van der Waals surface area contributed by atoms with E-state index < -0.39 is 0 Å². The van der Waals surface area contributed by atoms with E-state index in [2.05, 4.69) is 442 Å². The minimum absolute atomic E-state index is 0.0704. The van der Waals surface area contributed by atoms with Crippen LogP contribution in [0.25, 0.3) is 238 Å². The average Bonchev–Trinajstić information content (AvgIpc) is 1.58. The first kappa shape index (κ1) is 82.2. The van der Waals surface area contributed by atoms with Crippen molar-refractivity contribution in [3.63, 3.8) is 0 Å². The van der Waals surface area contributed by atoms with Crippen LogP contribution in [0.15, 0.2) is 438 Å². The van der Waals surface area contributed by atoms with E-state index in [0.29, 0.717) is 0 Å². The molecule has 650 valence electrons. The molecule has 136 heavy (non-hydrogen) atoms. The first-order valence-electron chi connectivity index (χ1n) is 46.7. The van der Waals surface area contributed by atoms with Gasteiger partial charge < -0.3 is 27.0 Å². The van der Waals surface area contributed by atoms with Crippen LogP contribution in [-0.2, 0) is 10.8 Å². The van der Waals surface area contributed by atoms with Gasteiger partial charge in [0.2, 0.25) is 0 Å². The summed E-state index contributed by atoms with van der Waals surface area (Å²) in [7, 11) is 0. The first-order chi connectivity index (χ1) is 66.4. The predicted molar refractivity (Wildman–Crippen MR) is 568 cm³/mol. The van der Waals surface area contributed by atoms with Crippen LogP contribution in [0.1, 0.15) is 63.8 Å². The fourth-order valence-corrected chi connectivity index (χ4v) is 20.1. The molecule has 0 saturated carbocycles. The molecule has 0 atom stereocenters. The summed E-state index contributed by atoms with van der Waals surface area (Å²) in [6, 6.07) is 146. The predicted octanol–water partition coefficient (Wildman–Crippen LogP) is 34.8. The zero-order chi connectivity index (χ0) is 91.6. The third-order valence-corrected chi connectivity index (χ3v) is 27.1. The van der Waals surface area contributed by atoms with Gasteiger partial charge in [-0.05, 0) is 325 Å². The molecule has 9 heteroatoms. The summed E-state index contributed by atoms with van der Waals surface area (Å²) in [6.07, 6.45) is 5.46. The summed E-state index contributed by atoms with van der Waals surface area (Å²) in [5.41, 5.74) is 42.7. The van der Waals surface area contributed by atoms with Crippen LogP contribution in [0.2, 0.25) is 0 Å². The molecule has 0 aliphatic carbocycles. The lowest BCUT2D eigenvalue weighted by Crippen LogP contribution is -2.10. The summed E-state index contributed by atoms with van der Waals surface area (Å²) in [6.45, 7) is 18.1. The lowest BCUT2D eigenvalue weighted by atomic mass is 9.85. The molecule has 0 aliphatic heterocycles. The molecule has 26 aromatic rings. The number of pyridine rings is 3. The largest absolute Gasteiger partial charge is 0.454 e. The minimum atomic E-state index is 0.0704. The second kappa shape index (κ2) is 33.1. The van der Waals surface area contributed by atoms with Gasteiger partial charge in [-0.25, -0.2) is 0 Å². The number of aryl methyl sites for hydroxylation is 2. The Morgan fingerprint density at radius 2 is 0.426 bits per heavy atom. The molecule has 0 fully saturated rings. The molecule has 0 unspecified atom stereocenters. The van der Waals surface area contributed by atoms with E-state index in [0.717, 1.165) is 128 Å². The van der Waals surface area contributed by atoms with Crippen LogP contribution >= 0.6 is 0 Å². The number of benzene rings is 17. The first-order valence-corrected chi connectivity index (χ1v) is 46.7. The van der Waals surface area contributed by atoms with Gasteiger partial charge in [0.25, 0.3) is 0 Å². The van der Waals surface area contributed by atoms with Crippen molar-refractivity contribution in [2.45, 2.75) is 66.2 Å². The second-order valence-electron chi connectivity index (χ2n) is 38.1. The van der Waals surface area contributed by atoms with Gasteiger partial charge in [-0.2, -0.15) is 0 Å². The summed E-state index contributed by atoms with van der Waals surface area (Å²) in [5, 5.41) is 10.8. The minimum Gasteiger partial charge on any atom is -0.454 e. The third kappa shape index (κ3) is 14.9. The van der Waals surface area contributed by atoms with E-state index in [1.807, 2.05) is 67.1 Å². The highest BCUT2D eigenvalue weighted by atomic mass is 16.3. The van der Waals surface area contributed by atoms with Crippen LogP contribution in [0.5, 0.6) is 0 Å². The van der Waals surface area contributed by atoms with Gasteiger partial charge in [0, 0.05) is 84.1 Å². The molecule has 0 saturated heterocycles. The molecule has 0 aliphatic rings. The van der Waals surface area contributed by atoms with Gasteiger partial charge in [0.15, 0.2) is 16.7 Å². The molecular weight excluding hydrogens is 1660 g/mol. The van der Waals surface area contributed by atoms with Crippen molar-refractivity contribution in [1.82, 2.24) is 28.7 Å². The number of aromatic nitrogens is 6. The van der Waals surface area contributed by atoms with Gasteiger partial charge in [0.1, 0.15) is 33.3 Å². The molecular formula is C127H94N6O3. The summed E-state index contributed by atoms with van der Waals surface area (Å²) < 4.78 is 25.3. The van der Waals surface area contributed by atoms with Crippen molar-refractivity contribution in [3.8, 4) is 106 Å². The smallest absolute Gasteiger partial charge is 0.153 e. The van der Waals surface area contributed by atoms with Gasteiger partial charge in [-0.3, -0.25) is 15.0 Å². The molecule has 9 nitrogen and oxygen atoms in total. The van der Waals surface area contributed by atoms with E-state index in [4.69, 9.17) is 13.3 Å². The Kier molecular flexibility index (Phi) is 20.0. The fourth-order valence-electron chi connectivity index (χ4n) is 20.1. The van der Waals surface area contributed by atoms with Crippen molar-refractivity contribution in [2.24, 2.45) is 0 Å². The van der Waals surface area contributed by atoms with Crippen molar-refractivity contribution in [1.29, 1.82) is 0 Å². The van der Waals surface area contributed by atoms with E-state index in [9.17, 15) is 0 Å². The van der Waals surface area contributed by atoms with Gasteiger partial charge >= 0.3 is 0 Å². The maximum absolute atomic E-state index is 6.04. The normalized spacial score (nSPS) is 12.0. The Balaban J connectivity index is 0.000000112. The molecule has 0 N–H and O–H groups in total. The number of furan rings is 3. The van der Waals surface area contributed by atoms with E-state index in [1.165, 1.54) is 132 Å². The Labute approximate surface area is 787 Å². The van der Waals surface area contributed by atoms with Crippen molar-refractivity contribution in [3.05, 3.63) is 447 Å². The molecule has 0 amide bonds. The van der Waals surface area contributed by atoms with Crippen LogP contribution in [0.3, 0.4) is 0 Å². The summed E-state index contributed by atoms with van der Waals surface area (Å²) in [4.78, 5) is 13.7. The van der Waals surface area contributed by atoms with Crippen molar-refractivity contribution < 1.29 is 13.3 Å². The molecule has 17 aromatic carbocycles. The quantitative estimate of drug-likeness (QED) is 0.128. The van der Waals surface area contributed by atoms with Gasteiger partial charge in [-0.15, -0.1) is 0 Å². The Bertz CT molecular complexity index is 9010. The lowest BCUT2D eigenvalue weighted by molar-refractivity contribution is 0.590. The number of hydrogen-bond donors (Lipinski definition) is 0. The Hall–Kier alpha value is -17.0. The van der Waals surface area contributed by atoms with Crippen LogP contribution < -0.4 is 0 Å². The monoisotopic (exact) mass is 1750 g/mol. The van der Waals surface area contributed by atoms with Crippen molar-refractivity contribution in [2.75, 3.05) is 0 Å². The molecule has 26 rings (SSSR count). The van der Waals surface area contributed by atoms with E-state index >= 15 is 0 Å². The highest BCUT2D eigenvalue weighted by molar-refractivity contribution is 6.14. The Morgan fingerprint density at radius 1 is 0.184 bits per heavy atom. The lowest BCUT2D eigenvalue weighted by Gasteiger charge is -2.19. The number of fused-ring (bicyclic) bond motifs is 18. The van der Waals surface area contributed by atoms with Crippen molar-refractivity contribution >= 4 is 132 Å². The topological polar surface area (TPSA) is 92.9 Å². The Morgan fingerprint density at radius 3 is 0.743 bits per heavy atom.